The van der Waals surface area contributed by atoms with Gasteiger partial charge < -0.3 is 5.32 Å². The van der Waals surface area contributed by atoms with Crippen molar-refractivity contribution >= 4 is 27.7 Å². The molecule has 0 saturated heterocycles. The topological polar surface area (TPSA) is 12.0 Å². The van der Waals surface area contributed by atoms with E-state index in [4.69, 9.17) is 0 Å². The Balaban J connectivity index is 2.42. The van der Waals surface area contributed by atoms with Crippen LogP contribution in [0, 0.1) is 6.92 Å². The smallest absolute Gasteiger partial charge is 0.0222 e. The average Bonchev–Trinajstić information content (AvgIpc) is 2.25. The molecule has 3 heteroatoms. The molecule has 0 aromatic heterocycles. The minimum atomic E-state index is 0.568. The normalized spacial score (nSPS) is 12.8. The van der Waals surface area contributed by atoms with Crippen molar-refractivity contribution in [2.45, 2.75) is 33.4 Å². The molecule has 1 N–H and O–H groups in total. The number of hydrogen-bond donors (Lipinski definition) is 1. The van der Waals surface area contributed by atoms with Gasteiger partial charge in [0, 0.05) is 22.8 Å². The van der Waals surface area contributed by atoms with E-state index < -0.39 is 0 Å². The molecule has 0 aliphatic carbocycles. The molecule has 0 bridgehead atoms. The quantitative estimate of drug-likeness (QED) is 0.853. The molecular formula is C13H20BrNS. The van der Waals surface area contributed by atoms with Gasteiger partial charge in [-0.15, -0.1) is 0 Å². The Hall–Kier alpha value is 0.01000. The van der Waals surface area contributed by atoms with E-state index in [2.05, 4.69) is 60.2 Å². The van der Waals surface area contributed by atoms with Gasteiger partial charge in [-0.1, -0.05) is 35.0 Å². The molecule has 1 aromatic carbocycles. The number of thioether (sulfide) groups is 1. The number of nitrogens with one attached hydrogen (secondary N) is 1. The van der Waals surface area contributed by atoms with Crippen LogP contribution < -0.4 is 5.32 Å². The van der Waals surface area contributed by atoms with Crippen molar-refractivity contribution in [1.82, 2.24) is 5.32 Å². The lowest BCUT2D eigenvalue weighted by atomic mass is 10.1. The van der Waals surface area contributed by atoms with Gasteiger partial charge in [0.25, 0.3) is 0 Å². The number of hydrogen-bond acceptors (Lipinski definition) is 2. The van der Waals surface area contributed by atoms with Crippen molar-refractivity contribution < 1.29 is 0 Å². The molecule has 1 unspecified atom stereocenters. The third-order valence-corrected chi connectivity index (χ3v) is 4.30. The third kappa shape index (κ3) is 4.89. The first-order valence-electron chi connectivity index (χ1n) is 5.69. The van der Waals surface area contributed by atoms with E-state index in [9.17, 15) is 0 Å². The molecule has 0 aliphatic rings. The summed E-state index contributed by atoms with van der Waals surface area (Å²) in [5, 5.41) is 3.54. The highest BCUT2D eigenvalue weighted by Crippen LogP contribution is 2.18. The molecule has 0 radical (unpaired) electrons. The number of halogens is 1. The van der Waals surface area contributed by atoms with Crippen LogP contribution in [-0.4, -0.2) is 17.5 Å². The maximum atomic E-state index is 3.60. The van der Waals surface area contributed by atoms with Crippen LogP contribution in [0.15, 0.2) is 22.7 Å². The summed E-state index contributed by atoms with van der Waals surface area (Å²) < 4.78 is 1.20. The molecule has 0 amide bonds. The Bertz CT molecular complexity index is 328. The van der Waals surface area contributed by atoms with Crippen molar-refractivity contribution in [3.05, 3.63) is 33.8 Å². The molecule has 1 aromatic rings. The lowest BCUT2D eigenvalue weighted by molar-refractivity contribution is 0.595. The van der Waals surface area contributed by atoms with Crippen molar-refractivity contribution in [3.63, 3.8) is 0 Å². The highest BCUT2D eigenvalue weighted by molar-refractivity contribution is 9.10. The Morgan fingerprint density at radius 3 is 2.81 bits per heavy atom. The summed E-state index contributed by atoms with van der Waals surface area (Å²) in [5.41, 5.74) is 2.63. The highest BCUT2D eigenvalue weighted by atomic mass is 79.9. The lowest BCUT2D eigenvalue weighted by Crippen LogP contribution is -2.27. The largest absolute Gasteiger partial charge is 0.309 e. The van der Waals surface area contributed by atoms with Crippen LogP contribution in [0.1, 0.15) is 25.0 Å². The molecule has 0 heterocycles. The zero-order chi connectivity index (χ0) is 12.0. The summed E-state index contributed by atoms with van der Waals surface area (Å²) in [6.07, 6.45) is 0. The zero-order valence-corrected chi connectivity index (χ0v) is 12.6. The van der Waals surface area contributed by atoms with Crippen molar-refractivity contribution in [2.75, 3.05) is 11.5 Å². The van der Waals surface area contributed by atoms with E-state index >= 15 is 0 Å². The number of aryl methyl sites for hydroxylation is 1. The molecule has 1 atom stereocenters. The van der Waals surface area contributed by atoms with Crippen LogP contribution in [0.4, 0.5) is 0 Å². The minimum absolute atomic E-state index is 0.568. The predicted molar refractivity (Wildman–Crippen MR) is 78.2 cm³/mol. The molecule has 1 rings (SSSR count). The van der Waals surface area contributed by atoms with E-state index in [0.29, 0.717) is 6.04 Å². The van der Waals surface area contributed by atoms with Gasteiger partial charge in [-0.25, -0.2) is 0 Å². The van der Waals surface area contributed by atoms with Crippen LogP contribution in [0.5, 0.6) is 0 Å². The van der Waals surface area contributed by atoms with Crippen molar-refractivity contribution in [1.29, 1.82) is 0 Å². The number of rotatable bonds is 6. The second-order valence-electron chi connectivity index (χ2n) is 4.04. The Kier molecular flexibility index (Phi) is 6.47. The molecule has 16 heavy (non-hydrogen) atoms. The molecule has 90 valence electrons. The second kappa shape index (κ2) is 7.36. The highest BCUT2D eigenvalue weighted by Gasteiger charge is 2.03. The molecule has 0 aliphatic heterocycles. The standard InChI is InChI=1S/C13H20BrNS/c1-4-16-9-11(3)15-8-12-6-5-10(2)7-13(12)14/h5-7,11,15H,4,8-9H2,1-3H3. The molecule has 0 saturated carbocycles. The molecule has 0 fully saturated rings. The second-order valence-corrected chi connectivity index (χ2v) is 6.21. The molecule has 0 spiro atoms. The monoisotopic (exact) mass is 301 g/mol. The summed E-state index contributed by atoms with van der Waals surface area (Å²) in [4.78, 5) is 0. The SMILES string of the molecule is CCSCC(C)NCc1ccc(C)cc1Br. The Morgan fingerprint density at radius 1 is 1.44 bits per heavy atom. The van der Waals surface area contributed by atoms with E-state index in [1.54, 1.807) is 0 Å². The summed E-state index contributed by atoms with van der Waals surface area (Å²) in [7, 11) is 0. The number of benzene rings is 1. The fourth-order valence-electron chi connectivity index (χ4n) is 1.43. The van der Waals surface area contributed by atoms with Gasteiger partial charge in [-0.05, 0) is 36.8 Å². The van der Waals surface area contributed by atoms with E-state index in [-0.39, 0.29) is 0 Å². The van der Waals surface area contributed by atoms with Crippen LogP contribution in [-0.2, 0) is 6.54 Å². The van der Waals surface area contributed by atoms with Gasteiger partial charge in [0.2, 0.25) is 0 Å². The molecule has 1 nitrogen and oxygen atoms in total. The fraction of sp³-hybridized carbons (Fsp3) is 0.538. The van der Waals surface area contributed by atoms with Gasteiger partial charge in [-0.2, -0.15) is 11.8 Å². The maximum Gasteiger partial charge on any atom is 0.0222 e. The average molecular weight is 302 g/mol. The van der Waals surface area contributed by atoms with Crippen molar-refractivity contribution in [2.24, 2.45) is 0 Å². The van der Waals surface area contributed by atoms with E-state index in [0.717, 1.165) is 6.54 Å². The lowest BCUT2D eigenvalue weighted by Gasteiger charge is -2.14. The summed E-state index contributed by atoms with van der Waals surface area (Å²) in [6.45, 7) is 7.49. The first kappa shape index (κ1) is 14.1. The van der Waals surface area contributed by atoms with E-state index in [1.165, 1.54) is 27.1 Å². The van der Waals surface area contributed by atoms with Crippen LogP contribution >= 0.6 is 27.7 Å². The Labute approximate surface area is 112 Å². The van der Waals surface area contributed by atoms with Crippen LogP contribution in [0.2, 0.25) is 0 Å². The van der Waals surface area contributed by atoms with Gasteiger partial charge in [-0.3, -0.25) is 0 Å². The van der Waals surface area contributed by atoms with Gasteiger partial charge in [0.05, 0.1) is 0 Å². The first-order valence-corrected chi connectivity index (χ1v) is 7.64. The van der Waals surface area contributed by atoms with E-state index in [1.807, 2.05) is 11.8 Å². The van der Waals surface area contributed by atoms with Gasteiger partial charge in [0.1, 0.15) is 0 Å². The first-order chi connectivity index (χ1) is 7.63. The van der Waals surface area contributed by atoms with Crippen LogP contribution in [0.25, 0.3) is 0 Å². The van der Waals surface area contributed by atoms with Gasteiger partial charge >= 0.3 is 0 Å². The summed E-state index contributed by atoms with van der Waals surface area (Å²) in [6, 6.07) is 7.08. The summed E-state index contributed by atoms with van der Waals surface area (Å²) >= 11 is 5.59. The maximum absolute atomic E-state index is 3.60. The van der Waals surface area contributed by atoms with Gasteiger partial charge in [0.15, 0.2) is 0 Å². The van der Waals surface area contributed by atoms with Crippen molar-refractivity contribution in [3.8, 4) is 0 Å². The molecular weight excluding hydrogens is 282 g/mol. The van der Waals surface area contributed by atoms with Crippen LogP contribution in [0.3, 0.4) is 0 Å². The summed E-state index contributed by atoms with van der Waals surface area (Å²) in [5.74, 6) is 2.38. The predicted octanol–water partition coefficient (Wildman–Crippen LogP) is 3.99. The zero-order valence-electron chi connectivity index (χ0n) is 10.2. The third-order valence-electron chi connectivity index (χ3n) is 2.42. The minimum Gasteiger partial charge on any atom is -0.309 e. The Morgan fingerprint density at radius 2 is 2.19 bits per heavy atom. The fourth-order valence-corrected chi connectivity index (χ4v) is 2.77.